The second-order valence-corrected chi connectivity index (χ2v) is 10.2. The van der Waals surface area contributed by atoms with Gasteiger partial charge in [-0.05, 0) is 49.7 Å². The number of fused-ring (bicyclic) bond motifs is 2. The Labute approximate surface area is 212 Å². The lowest BCUT2D eigenvalue weighted by molar-refractivity contribution is -0.0327. The Morgan fingerprint density at radius 2 is 1.92 bits per heavy atom. The number of nitrogens with zero attached hydrogens (tertiary/aromatic N) is 6. The van der Waals surface area contributed by atoms with Crippen LogP contribution in [0.4, 0.5) is 11.5 Å². The van der Waals surface area contributed by atoms with Gasteiger partial charge in [-0.15, -0.1) is 0 Å². The van der Waals surface area contributed by atoms with E-state index in [9.17, 15) is 5.26 Å². The van der Waals surface area contributed by atoms with Crippen LogP contribution in [0.1, 0.15) is 36.7 Å². The molecule has 186 valence electrons. The summed E-state index contributed by atoms with van der Waals surface area (Å²) in [7, 11) is 0. The summed E-state index contributed by atoms with van der Waals surface area (Å²) in [4.78, 5) is 16.8. The Balaban J connectivity index is 1.11. The fourth-order valence-electron chi connectivity index (χ4n) is 5.87. The van der Waals surface area contributed by atoms with Crippen molar-refractivity contribution < 1.29 is 4.74 Å². The van der Waals surface area contributed by atoms with Crippen LogP contribution >= 0.6 is 0 Å². The number of piperazine rings is 1. The molecule has 0 saturated carbocycles. The van der Waals surface area contributed by atoms with Gasteiger partial charge in [0.15, 0.2) is 0 Å². The normalized spacial score (nSPS) is 24.6. The van der Waals surface area contributed by atoms with E-state index in [4.69, 9.17) is 9.72 Å². The number of hydrogen-bond donors (Lipinski definition) is 1. The lowest BCUT2D eigenvalue weighted by Crippen LogP contribution is -2.54. The van der Waals surface area contributed by atoms with E-state index in [0.29, 0.717) is 11.6 Å². The molecule has 2 aromatic heterocycles. The zero-order chi connectivity index (χ0) is 24.6. The Kier molecular flexibility index (Phi) is 6.22. The smallest absolute Gasteiger partial charge is 0.128 e. The second-order valence-electron chi connectivity index (χ2n) is 10.2. The number of ether oxygens (including phenoxy) is 1. The molecule has 8 nitrogen and oxygen atoms in total. The fraction of sp³-hybridized carbons (Fsp3) is 0.464. The Morgan fingerprint density at radius 3 is 2.75 bits per heavy atom. The summed E-state index contributed by atoms with van der Waals surface area (Å²) in [5, 5.41) is 14.0. The van der Waals surface area contributed by atoms with E-state index in [-0.39, 0.29) is 12.2 Å². The molecule has 3 aromatic rings. The van der Waals surface area contributed by atoms with Gasteiger partial charge in [0.1, 0.15) is 11.9 Å². The quantitative estimate of drug-likeness (QED) is 0.607. The topological polar surface area (TPSA) is 80.6 Å². The number of nitriles is 1. The van der Waals surface area contributed by atoms with E-state index in [0.717, 1.165) is 74.8 Å². The molecule has 6 rings (SSSR count). The van der Waals surface area contributed by atoms with Gasteiger partial charge in [-0.3, -0.25) is 9.88 Å². The highest BCUT2D eigenvalue weighted by Gasteiger charge is 2.30. The fourth-order valence-corrected chi connectivity index (χ4v) is 5.87. The lowest BCUT2D eigenvalue weighted by Gasteiger charge is -2.42. The second kappa shape index (κ2) is 9.66. The molecule has 3 aliphatic heterocycles. The van der Waals surface area contributed by atoms with Crippen molar-refractivity contribution in [2.45, 2.75) is 38.6 Å². The minimum atomic E-state index is 0.132. The van der Waals surface area contributed by atoms with Gasteiger partial charge in [0.2, 0.25) is 0 Å². The molecule has 3 atom stereocenters. The van der Waals surface area contributed by atoms with Gasteiger partial charge >= 0.3 is 0 Å². The predicted molar refractivity (Wildman–Crippen MR) is 141 cm³/mol. The molecule has 3 aliphatic rings. The van der Waals surface area contributed by atoms with Crippen molar-refractivity contribution in [1.29, 1.82) is 5.26 Å². The van der Waals surface area contributed by atoms with Gasteiger partial charge in [0, 0.05) is 75.7 Å². The van der Waals surface area contributed by atoms with Gasteiger partial charge in [0.25, 0.3) is 0 Å². The van der Waals surface area contributed by atoms with Crippen molar-refractivity contribution in [3.63, 3.8) is 0 Å². The van der Waals surface area contributed by atoms with Crippen LogP contribution in [-0.2, 0) is 11.3 Å². The van der Waals surface area contributed by atoms with Gasteiger partial charge < -0.3 is 19.9 Å². The zero-order valence-corrected chi connectivity index (χ0v) is 21.0. The molecule has 1 N–H and O–H groups in total. The van der Waals surface area contributed by atoms with Gasteiger partial charge in [0.05, 0.1) is 29.0 Å². The van der Waals surface area contributed by atoms with E-state index in [1.807, 2.05) is 12.1 Å². The van der Waals surface area contributed by atoms with Crippen LogP contribution in [0.5, 0.6) is 0 Å². The maximum Gasteiger partial charge on any atom is 0.128 e. The van der Waals surface area contributed by atoms with Crippen LogP contribution < -0.4 is 15.1 Å². The molecule has 0 radical (unpaired) electrons. The molecule has 1 aromatic carbocycles. The molecule has 8 heteroatoms. The molecule has 0 bridgehead atoms. The highest BCUT2D eigenvalue weighted by atomic mass is 16.5. The molecule has 5 heterocycles. The van der Waals surface area contributed by atoms with Crippen molar-refractivity contribution in [1.82, 2.24) is 20.2 Å². The van der Waals surface area contributed by atoms with Crippen molar-refractivity contribution in [2.24, 2.45) is 0 Å². The first-order valence-electron chi connectivity index (χ1n) is 13.0. The summed E-state index contributed by atoms with van der Waals surface area (Å²) in [5.74, 6) is 1.10. The Morgan fingerprint density at radius 1 is 1.06 bits per heavy atom. The van der Waals surface area contributed by atoms with E-state index in [1.54, 1.807) is 6.20 Å². The number of pyridine rings is 2. The third-order valence-electron chi connectivity index (χ3n) is 7.70. The van der Waals surface area contributed by atoms with Crippen LogP contribution in [0.15, 0.2) is 42.6 Å². The number of benzene rings is 1. The van der Waals surface area contributed by atoms with E-state index >= 15 is 0 Å². The summed E-state index contributed by atoms with van der Waals surface area (Å²) in [6, 6.07) is 15.0. The summed E-state index contributed by atoms with van der Waals surface area (Å²) in [5.41, 5.74) is 5.05. The Bertz CT molecular complexity index is 1300. The number of anilines is 2. The highest BCUT2D eigenvalue weighted by Crippen LogP contribution is 2.31. The number of morpholine rings is 1. The average Bonchev–Trinajstić information content (AvgIpc) is 3.28. The van der Waals surface area contributed by atoms with Crippen LogP contribution in [0.25, 0.3) is 10.9 Å². The molecule has 36 heavy (non-hydrogen) atoms. The van der Waals surface area contributed by atoms with Crippen molar-refractivity contribution >= 4 is 22.4 Å². The molecular formula is C28H33N7O. The standard InChI is InChI=1S/C28H33N7O/c1-19-16-35(25-7-5-21(14-29)28-24(25)4-3-9-30-28)18-23(36-19)17-33-10-12-34(13-11-33)26-8-6-22-15-31-20(2)27(22)32-26/h3-9,19-20,23,31H,10-13,15-18H2,1-2H3/t19-,20+,23+/m1/s1. The summed E-state index contributed by atoms with van der Waals surface area (Å²) in [6.45, 7) is 11.8. The first-order chi connectivity index (χ1) is 17.6. The molecule has 0 unspecified atom stereocenters. The third kappa shape index (κ3) is 4.39. The van der Waals surface area contributed by atoms with E-state index < -0.39 is 0 Å². The summed E-state index contributed by atoms with van der Waals surface area (Å²) in [6.07, 6.45) is 2.03. The molecule has 0 aliphatic carbocycles. The van der Waals surface area contributed by atoms with Crippen molar-refractivity contribution in [3.05, 3.63) is 59.4 Å². The first kappa shape index (κ1) is 23.2. The van der Waals surface area contributed by atoms with Gasteiger partial charge in [-0.1, -0.05) is 6.07 Å². The zero-order valence-electron chi connectivity index (χ0n) is 21.0. The number of rotatable bonds is 4. The molecule has 0 spiro atoms. The lowest BCUT2D eigenvalue weighted by atomic mass is 10.1. The molecule has 2 saturated heterocycles. The third-order valence-corrected chi connectivity index (χ3v) is 7.70. The van der Waals surface area contributed by atoms with E-state index in [2.05, 4.69) is 69.2 Å². The van der Waals surface area contributed by atoms with Crippen LogP contribution in [0, 0.1) is 11.3 Å². The first-order valence-corrected chi connectivity index (χ1v) is 13.0. The van der Waals surface area contributed by atoms with E-state index in [1.165, 1.54) is 11.3 Å². The molecule has 2 fully saturated rings. The largest absolute Gasteiger partial charge is 0.370 e. The van der Waals surface area contributed by atoms with Crippen molar-refractivity contribution in [2.75, 3.05) is 55.6 Å². The SMILES string of the molecule is C[C@@H]1CN(c2ccc(C#N)c3ncccc23)C[C@H](CN2CCN(c3ccc4c(n3)[C@H](C)NC4)CC2)O1. The van der Waals surface area contributed by atoms with Crippen molar-refractivity contribution in [3.8, 4) is 6.07 Å². The van der Waals surface area contributed by atoms with Gasteiger partial charge in [-0.2, -0.15) is 5.26 Å². The number of nitrogens with one attached hydrogen (secondary N) is 1. The minimum absolute atomic E-state index is 0.132. The van der Waals surface area contributed by atoms with Crippen LogP contribution in [0.3, 0.4) is 0 Å². The Hall–Kier alpha value is -3.25. The highest BCUT2D eigenvalue weighted by molar-refractivity contribution is 5.95. The predicted octanol–water partition coefficient (Wildman–Crippen LogP) is 3.08. The summed E-state index contributed by atoms with van der Waals surface area (Å²) >= 11 is 0. The average molecular weight is 484 g/mol. The molecular weight excluding hydrogens is 450 g/mol. The number of hydrogen-bond acceptors (Lipinski definition) is 8. The summed E-state index contributed by atoms with van der Waals surface area (Å²) < 4.78 is 6.39. The minimum Gasteiger partial charge on any atom is -0.370 e. The number of aromatic nitrogens is 2. The van der Waals surface area contributed by atoms with Crippen LogP contribution in [0.2, 0.25) is 0 Å². The van der Waals surface area contributed by atoms with Gasteiger partial charge in [-0.25, -0.2) is 4.98 Å². The molecule has 0 amide bonds. The van der Waals surface area contributed by atoms with Crippen LogP contribution in [-0.4, -0.2) is 72.9 Å². The monoisotopic (exact) mass is 483 g/mol. The maximum atomic E-state index is 9.51. The maximum absolute atomic E-state index is 9.51.